The molecule has 1 aromatic rings. The minimum absolute atomic E-state index is 0.00495. The van der Waals surface area contributed by atoms with E-state index in [-0.39, 0.29) is 17.6 Å². The van der Waals surface area contributed by atoms with Gasteiger partial charge in [-0.05, 0) is 18.5 Å². The summed E-state index contributed by atoms with van der Waals surface area (Å²) in [6.07, 6.45) is 1.44. The number of hydrogen-bond donors (Lipinski definition) is 1. The quantitative estimate of drug-likeness (QED) is 0.472. The lowest BCUT2D eigenvalue weighted by Gasteiger charge is -2.09. The van der Waals surface area contributed by atoms with Gasteiger partial charge in [0.25, 0.3) is 0 Å². The van der Waals surface area contributed by atoms with Crippen molar-refractivity contribution in [1.29, 1.82) is 0 Å². The molecular weight excluding hydrogens is 246 g/mol. The molecule has 0 atom stereocenters. The topological polar surface area (TPSA) is 73.3 Å². The van der Waals surface area contributed by atoms with Crippen LogP contribution in [0.1, 0.15) is 17.4 Å². The molecule has 0 aliphatic heterocycles. The highest BCUT2D eigenvalue weighted by atomic mass is 35.5. The molecule has 0 fully saturated rings. The Labute approximate surface area is 104 Å². The number of halogens is 1. The van der Waals surface area contributed by atoms with Crippen molar-refractivity contribution < 1.29 is 14.3 Å². The number of carbonyl (C=O) groups excluding carboxylic acids is 1. The molecule has 94 valence electrons. The number of anilines is 1. The van der Waals surface area contributed by atoms with Crippen LogP contribution in [-0.4, -0.2) is 42.8 Å². The van der Waals surface area contributed by atoms with Gasteiger partial charge >= 0.3 is 5.97 Å². The molecule has 0 spiro atoms. The third-order valence-corrected chi connectivity index (χ3v) is 2.03. The van der Waals surface area contributed by atoms with E-state index in [2.05, 4.69) is 15.3 Å². The van der Waals surface area contributed by atoms with Gasteiger partial charge in [-0.1, -0.05) is 0 Å². The first-order chi connectivity index (χ1) is 8.19. The number of hydrogen-bond acceptors (Lipinski definition) is 6. The average molecular weight is 260 g/mol. The normalized spacial score (nSPS) is 10.1. The molecule has 6 nitrogen and oxygen atoms in total. The average Bonchev–Trinajstić information content (AvgIpc) is 2.31. The number of methoxy groups -OCH3 is 1. The summed E-state index contributed by atoms with van der Waals surface area (Å²) in [7, 11) is 1.59. The van der Waals surface area contributed by atoms with Crippen molar-refractivity contribution in [2.75, 3.05) is 32.2 Å². The predicted molar refractivity (Wildman–Crippen MR) is 63.4 cm³/mol. The van der Waals surface area contributed by atoms with E-state index in [0.29, 0.717) is 18.8 Å². The first kappa shape index (κ1) is 13.7. The monoisotopic (exact) mass is 259 g/mol. The maximum absolute atomic E-state index is 11.6. The fraction of sp³-hybridized carbons (Fsp3) is 0.500. The van der Waals surface area contributed by atoms with Crippen molar-refractivity contribution in [1.82, 2.24) is 9.97 Å². The molecular formula is C10H14ClN3O3. The van der Waals surface area contributed by atoms with Gasteiger partial charge in [-0.15, -0.1) is 0 Å². The fourth-order valence-electron chi connectivity index (χ4n) is 1.13. The summed E-state index contributed by atoms with van der Waals surface area (Å²) in [5.74, 6) is -0.531. The van der Waals surface area contributed by atoms with Gasteiger partial charge < -0.3 is 14.8 Å². The minimum Gasteiger partial charge on any atom is -0.461 e. The van der Waals surface area contributed by atoms with E-state index in [4.69, 9.17) is 21.1 Å². The molecule has 1 heterocycles. The lowest BCUT2D eigenvalue weighted by molar-refractivity contribution is 0.0520. The van der Waals surface area contributed by atoms with Crippen LogP contribution >= 0.6 is 11.6 Å². The van der Waals surface area contributed by atoms with Crippen molar-refractivity contribution >= 4 is 23.3 Å². The molecule has 0 radical (unpaired) electrons. The third-order valence-electron chi connectivity index (χ3n) is 1.85. The molecule has 1 rings (SSSR count). The standard InChI is InChI=1S/C10H14ClN3O3/c1-3-17-9(15)8-7(12-4-5-16-2)6-13-10(11)14-8/h6,12H,3-5H2,1-2H3. The lowest BCUT2D eigenvalue weighted by Crippen LogP contribution is -2.15. The lowest BCUT2D eigenvalue weighted by atomic mass is 10.3. The third kappa shape index (κ3) is 4.16. The molecule has 0 aliphatic carbocycles. The second kappa shape index (κ2) is 7.03. The van der Waals surface area contributed by atoms with Crippen molar-refractivity contribution in [3.63, 3.8) is 0 Å². The number of ether oxygens (including phenoxy) is 2. The zero-order valence-corrected chi connectivity index (χ0v) is 10.5. The second-order valence-electron chi connectivity index (χ2n) is 3.04. The van der Waals surface area contributed by atoms with E-state index in [0.717, 1.165) is 0 Å². The number of carbonyl (C=O) groups is 1. The molecule has 17 heavy (non-hydrogen) atoms. The van der Waals surface area contributed by atoms with Gasteiger partial charge in [-0.3, -0.25) is 0 Å². The highest BCUT2D eigenvalue weighted by molar-refractivity contribution is 6.28. The van der Waals surface area contributed by atoms with Crippen LogP contribution in [0.4, 0.5) is 5.69 Å². The molecule has 0 aromatic carbocycles. The largest absolute Gasteiger partial charge is 0.461 e. The van der Waals surface area contributed by atoms with E-state index >= 15 is 0 Å². The highest BCUT2D eigenvalue weighted by Crippen LogP contribution is 2.15. The van der Waals surface area contributed by atoms with Crippen LogP contribution in [0.25, 0.3) is 0 Å². The zero-order chi connectivity index (χ0) is 12.7. The van der Waals surface area contributed by atoms with Crippen molar-refractivity contribution in [3.8, 4) is 0 Å². The van der Waals surface area contributed by atoms with Crippen molar-refractivity contribution in [3.05, 3.63) is 17.2 Å². The Hall–Kier alpha value is -1.40. The smallest absolute Gasteiger partial charge is 0.359 e. The molecule has 0 amide bonds. The van der Waals surface area contributed by atoms with Crippen LogP contribution in [-0.2, 0) is 9.47 Å². The van der Waals surface area contributed by atoms with Gasteiger partial charge in [-0.25, -0.2) is 14.8 Å². The number of nitrogens with one attached hydrogen (secondary N) is 1. The molecule has 0 unspecified atom stereocenters. The summed E-state index contributed by atoms with van der Waals surface area (Å²) >= 11 is 5.64. The van der Waals surface area contributed by atoms with Crippen LogP contribution in [0, 0.1) is 0 Å². The van der Waals surface area contributed by atoms with Gasteiger partial charge in [0, 0.05) is 13.7 Å². The Morgan fingerprint density at radius 1 is 1.59 bits per heavy atom. The van der Waals surface area contributed by atoms with E-state index in [1.165, 1.54) is 6.20 Å². The van der Waals surface area contributed by atoms with E-state index in [1.807, 2.05) is 0 Å². The predicted octanol–water partition coefficient (Wildman–Crippen LogP) is 1.36. The van der Waals surface area contributed by atoms with Crippen LogP contribution in [0.5, 0.6) is 0 Å². The maximum atomic E-state index is 11.6. The van der Waals surface area contributed by atoms with E-state index in [9.17, 15) is 4.79 Å². The van der Waals surface area contributed by atoms with Crippen LogP contribution in [0.15, 0.2) is 6.20 Å². The SMILES string of the molecule is CCOC(=O)c1nc(Cl)ncc1NCCOC. The first-order valence-electron chi connectivity index (χ1n) is 5.11. The maximum Gasteiger partial charge on any atom is 0.359 e. The Morgan fingerprint density at radius 2 is 2.35 bits per heavy atom. The molecule has 0 saturated carbocycles. The van der Waals surface area contributed by atoms with Gasteiger partial charge in [0.05, 0.1) is 25.1 Å². The number of aromatic nitrogens is 2. The summed E-state index contributed by atoms with van der Waals surface area (Å²) in [5.41, 5.74) is 0.604. The molecule has 0 bridgehead atoms. The fourth-order valence-corrected chi connectivity index (χ4v) is 1.27. The summed E-state index contributed by atoms with van der Waals surface area (Å²) < 4.78 is 9.76. The Morgan fingerprint density at radius 3 is 3.00 bits per heavy atom. The highest BCUT2D eigenvalue weighted by Gasteiger charge is 2.15. The molecule has 1 N–H and O–H groups in total. The Balaban J connectivity index is 2.83. The summed E-state index contributed by atoms with van der Waals surface area (Å²) in [6, 6.07) is 0. The van der Waals surface area contributed by atoms with Gasteiger partial charge in [0.15, 0.2) is 5.69 Å². The zero-order valence-electron chi connectivity index (χ0n) is 9.70. The Kier molecular flexibility index (Phi) is 5.65. The number of esters is 1. The van der Waals surface area contributed by atoms with Crippen LogP contribution < -0.4 is 5.32 Å². The van der Waals surface area contributed by atoms with Gasteiger partial charge in [-0.2, -0.15) is 0 Å². The van der Waals surface area contributed by atoms with E-state index in [1.54, 1.807) is 14.0 Å². The summed E-state index contributed by atoms with van der Waals surface area (Å²) in [6.45, 7) is 3.04. The number of rotatable bonds is 6. The van der Waals surface area contributed by atoms with Crippen molar-refractivity contribution in [2.45, 2.75) is 6.92 Å². The molecule has 0 aliphatic rings. The second-order valence-corrected chi connectivity index (χ2v) is 3.38. The number of nitrogens with zero attached hydrogens (tertiary/aromatic N) is 2. The summed E-state index contributed by atoms with van der Waals surface area (Å²) in [4.78, 5) is 19.3. The van der Waals surface area contributed by atoms with Crippen LogP contribution in [0.2, 0.25) is 5.28 Å². The van der Waals surface area contributed by atoms with Crippen LogP contribution in [0.3, 0.4) is 0 Å². The first-order valence-corrected chi connectivity index (χ1v) is 5.49. The molecule has 1 aromatic heterocycles. The van der Waals surface area contributed by atoms with Gasteiger partial charge in [0.1, 0.15) is 0 Å². The summed E-state index contributed by atoms with van der Waals surface area (Å²) in [5, 5.41) is 2.98. The minimum atomic E-state index is -0.531. The van der Waals surface area contributed by atoms with Crippen molar-refractivity contribution in [2.24, 2.45) is 0 Å². The molecule has 0 saturated heterocycles. The molecule has 7 heteroatoms. The van der Waals surface area contributed by atoms with Gasteiger partial charge in [0.2, 0.25) is 5.28 Å². The van der Waals surface area contributed by atoms with E-state index < -0.39 is 5.97 Å². The Bertz CT molecular complexity index is 387.